The van der Waals surface area contributed by atoms with E-state index in [0.717, 1.165) is 5.56 Å². The Kier molecular flexibility index (Phi) is 2.79. The number of hydrogen-bond donors (Lipinski definition) is 0. The van der Waals surface area contributed by atoms with Gasteiger partial charge in [-0.15, -0.1) is 0 Å². The number of aromatic nitrogens is 2. The van der Waals surface area contributed by atoms with Gasteiger partial charge in [0, 0.05) is 0 Å². The summed E-state index contributed by atoms with van der Waals surface area (Å²) < 4.78 is 10.5. The Labute approximate surface area is 98.6 Å². The van der Waals surface area contributed by atoms with Crippen LogP contribution in [-0.4, -0.2) is 24.2 Å². The van der Waals surface area contributed by atoms with Crippen LogP contribution in [0.3, 0.4) is 0 Å². The fraction of sp³-hybridized carbons (Fsp3) is 0.250. The molecule has 0 fully saturated rings. The van der Waals surface area contributed by atoms with Crippen molar-refractivity contribution in [1.82, 2.24) is 9.97 Å². The number of nitrogens with zero attached hydrogens (tertiary/aromatic N) is 3. The van der Waals surface area contributed by atoms with E-state index in [-0.39, 0.29) is 0 Å². The van der Waals surface area contributed by atoms with Crippen molar-refractivity contribution >= 4 is 11.0 Å². The van der Waals surface area contributed by atoms with Gasteiger partial charge in [0.15, 0.2) is 5.75 Å². The van der Waals surface area contributed by atoms with Gasteiger partial charge in [0.2, 0.25) is 5.88 Å². The summed E-state index contributed by atoms with van der Waals surface area (Å²) in [6, 6.07) is 5.33. The molecule has 0 saturated heterocycles. The first kappa shape index (κ1) is 11.1. The SMILES string of the molecule is COc1nc2ccc(C#N)nc2c(OC)c1C. The molecule has 2 rings (SSSR count). The second-order valence-electron chi connectivity index (χ2n) is 3.46. The van der Waals surface area contributed by atoms with E-state index < -0.39 is 0 Å². The zero-order valence-electron chi connectivity index (χ0n) is 9.81. The first-order valence-electron chi connectivity index (χ1n) is 5.00. The highest BCUT2D eigenvalue weighted by Crippen LogP contribution is 2.32. The summed E-state index contributed by atoms with van der Waals surface area (Å²) in [7, 11) is 3.11. The standard InChI is InChI=1S/C12H11N3O2/c1-7-11(16-2)10-9(15-12(7)17-3)5-4-8(6-13)14-10/h4-5H,1-3H3. The quantitative estimate of drug-likeness (QED) is 0.785. The van der Waals surface area contributed by atoms with Crippen LogP contribution in [0.2, 0.25) is 0 Å². The Morgan fingerprint density at radius 2 is 1.94 bits per heavy atom. The van der Waals surface area contributed by atoms with Gasteiger partial charge in [-0.3, -0.25) is 0 Å². The molecule has 0 atom stereocenters. The monoisotopic (exact) mass is 229 g/mol. The van der Waals surface area contributed by atoms with Crippen LogP contribution in [0.5, 0.6) is 11.6 Å². The third kappa shape index (κ3) is 1.74. The Hall–Kier alpha value is -2.35. The van der Waals surface area contributed by atoms with Gasteiger partial charge in [-0.25, -0.2) is 9.97 Å². The van der Waals surface area contributed by atoms with Crippen molar-refractivity contribution in [2.45, 2.75) is 6.92 Å². The lowest BCUT2D eigenvalue weighted by molar-refractivity contribution is 0.380. The molecule has 0 spiro atoms. The predicted molar refractivity (Wildman–Crippen MR) is 62.1 cm³/mol. The lowest BCUT2D eigenvalue weighted by Crippen LogP contribution is -1.99. The Bertz CT molecular complexity index is 617. The zero-order valence-corrected chi connectivity index (χ0v) is 9.81. The maximum absolute atomic E-state index is 8.83. The van der Waals surface area contributed by atoms with Gasteiger partial charge in [0.05, 0.1) is 25.3 Å². The van der Waals surface area contributed by atoms with Crippen LogP contribution in [0.1, 0.15) is 11.3 Å². The molecule has 0 aliphatic heterocycles. The van der Waals surface area contributed by atoms with Crippen molar-refractivity contribution in [2.24, 2.45) is 0 Å². The average Bonchev–Trinajstić information content (AvgIpc) is 2.37. The molecule has 2 aromatic rings. The van der Waals surface area contributed by atoms with Gasteiger partial charge in [-0.1, -0.05) is 0 Å². The van der Waals surface area contributed by atoms with Crippen LogP contribution in [0.25, 0.3) is 11.0 Å². The average molecular weight is 229 g/mol. The number of methoxy groups -OCH3 is 2. The summed E-state index contributed by atoms with van der Waals surface area (Å²) in [6.07, 6.45) is 0. The van der Waals surface area contributed by atoms with Crippen LogP contribution < -0.4 is 9.47 Å². The molecule has 0 radical (unpaired) electrons. The number of hydrogen-bond acceptors (Lipinski definition) is 5. The zero-order chi connectivity index (χ0) is 12.4. The van der Waals surface area contributed by atoms with E-state index in [2.05, 4.69) is 9.97 Å². The number of nitriles is 1. The largest absolute Gasteiger partial charge is 0.494 e. The highest BCUT2D eigenvalue weighted by Gasteiger charge is 2.14. The first-order valence-corrected chi connectivity index (χ1v) is 5.00. The molecule has 5 heteroatoms. The summed E-state index contributed by atoms with van der Waals surface area (Å²) in [6.45, 7) is 1.84. The molecule has 2 aromatic heterocycles. The third-order valence-electron chi connectivity index (χ3n) is 2.48. The van der Waals surface area contributed by atoms with Crippen LogP contribution in [0, 0.1) is 18.3 Å². The molecular formula is C12H11N3O2. The highest BCUT2D eigenvalue weighted by molar-refractivity contribution is 5.84. The first-order chi connectivity index (χ1) is 8.21. The van der Waals surface area contributed by atoms with Gasteiger partial charge in [0.1, 0.15) is 17.3 Å². The molecule has 0 saturated carbocycles. The molecule has 0 N–H and O–H groups in total. The third-order valence-corrected chi connectivity index (χ3v) is 2.48. The van der Waals surface area contributed by atoms with E-state index >= 15 is 0 Å². The molecule has 0 unspecified atom stereocenters. The summed E-state index contributed by atoms with van der Waals surface area (Å²) in [4.78, 5) is 8.50. The van der Waals surface area contributed by atoms with E-state index in [1.165, 1.54) is 0 Å². The minimum absolute atomic E-state index is 0.335. The molecule has 2 heterocycles. The lowest BCUT2D eigenvalue weighted by atomic mass is 10.2. The van der Waals surface area contributed by atoms with Gasteiger partial charge in [-0.05, 0) is 19.1 Å². The molecule has 0 aliphatic rings. The van der Waals surface area contributed by atoms with Crippen LogP contribution in [-0.2, 0) is 0 Å². The second kappa shape index (κ2) is 4.26. The smallest absolute Gasteiger partial charge is 0.220 e. The van der Waals surface area contributed by atoms with Crippen molar-refractivity contribution in [3.8, 4) is 17.7 Å². The summed E-state index contributed by atoms with van der Waals surface area (Å²) >= 11 is 0. The normalized spacial score (nSPS) is 10.0. The van der Waals surface area contributed by atoms with E-state index in [9.17, 15) is 0 Å². The summed E-state index contributed by atoms with van der Waals surface area (Å²) in [5.41, 5.74) is 2.32. The van der Waals surface area contributed by atoms with Crippen molar-refractivity contribution in [3.63, 3.8) is 0 Å². The number of fused-ring (bicyclic) bond motifs is 1. The Balaban J connectivity index is 2.84. The number of rotatable bonds is 2. The van der Waals surface area contributed by atoms with Crippen LogP contribution in [0.15, 0.2) is 12.1 Å². The Morgan fingerprint density at radius 3 is 2.53 bits per heavy atom. The Morgan fingerprint density at radius 1 is 1.18 bits per heavy atom. The molecule has 5 nitrogen and oxygen atoms in total. The predicted octanol–water partition coefficient (Wildman–Crippen LogP) is 1.83. The number of ether oxygens (including phenoxy) is 2. The minimum atomic E-state index is 0.335. The fourth-order valence-corrected chi connectivity index (χ4v) is 1.69. The molecule has 0 aliphatic carbocycles. The van der Waals surface area contributed by atoms with Crippen LogP contribution in [0.4, 0.5) is 0 Å². The minimum Gasteiger partial charge on any atom is -0.494 e. The molecule has 0 amide bonds. The summed E-state index contributed by atoms with van der Waals surface area (Å²) in [5.74, 6) is 1.09. The van der Waals surface area contributed by atoms with E-state index in [4.69, 9.17) is 14.7 Å². The molecule has 0 bridgehead atoms. The highest BCUT2D eigenvalue weighted by atomic mass is 16.5. The molecule has 86 valence electrons. The fourth-order valence-electron chi connectivity index (χ4n) is 1.69. The van der Waals surface area contributed by atoms with Crippen LogP contribution >= 0.6 is 0 Å². The van der Waals surface area contributed by atoms with E-state index in [0.29, 0.717) is 28.4 Å². The van der Waals surface area contributed by atoms with Gasteiger partial charge in [-0.2, -0.15) is 5.26 Å². The molecule has 0 aromatic carbocycles. The van der Waals surface area contributed by atoms with Gasteiger partial charge < -0.3 is 9.47 Å². The van der Waals surface area contributed by atoms with Gasteiger partial charge in [0.25, 0.3) is 0 Å². The lowest BCUT2D eigenvalue weighted by Gasteiger charge is -2.11. The van der Waals surface area contributed by atoms with Crippen molar-refractivity contribution in [1.29, 1.82) is 5.26 Å². The maximum Gasteiger partial charge on any atom is 0.220 e. The van der Waals surface area contributed by atoms with E-state index in [1.54, 1.807) is 26.4 Å². The maximum atomic E-state index is 8.83. The van der Waals surface area contributed by atoms with Crippen molar-refractivity contribution in [2.75, 3.05) is 14.2 Å². The van der Waals surface area contributed by atoms with Gasteiger partial charge >= 0.3 is 0 Å². The number of pyridine rings is 2. The van der Waals surface area contributed by atoms with Crippen molar-refractivity contribution in [3.05, 3.63) is 23.4 Å². The summed E-state index contributed by atoms with van der Waals surface area (Å²) in [5, 5.41) is 8.83. The molecule has 17 heavy (non-hydrogen) atoms. The topological polar surface area (TPSA) is 68.0 Å². The van der Waals surface area contributed by atoms with E-state index in [1.807, 2.05) is 13.0 Å². The van der Waals surface area contributed by atoms with Crippen molar-refractivity contribution < 1.29 is 9.47 Å². The molecular weight excluding hydrogens is 218 g/mol. The second-order valence-corrected chi connectivity index (χ2v) is 3.46.